The Balaban J connectivity index is 2.24. The molecule has 1 atom stereocenters. The van der Waals surface area contributed by atoms with Crippen molar-refractivity contribution in [3.05, 3.63) is 58.5 Å². The lowest BCUT2D eigenvalue weighted by Gasteiger charge is -2.26. The van der Waals surface area contributed by atoms with Crippen molar-refractivity contribution < 1.29 is 9.21 Å². The van der Waals surface area contributed by atoms with Gasteiger partial charge in [-0.15, -0.1) is 0 Å². The molecule has 21 heavy (non-hydrogen) atoms. The van der Waals surface area contributed by atoms with Crippen LogP contribution in [-0.2, 0) is 0 Å². The van der Waals surface area contributed by atoms with Crippen LogP contribution in [0.4, 0.5) is 0 Å². The van der Waals surface area contributed by atoms with Gasteiger partial charge in [0, 0.05) is 0 Å². The highest BCUT2D eigenvalue weighted by Crippen LogP contribution is 2.28. The van der Waals surface area contributed by atoms with Gasteiger partial charge in [-0.05, 0) is 33.5 Å². The maximum Gasteiger partial charge on any atom is 0.256 e. The van der Waals surface area contributed by atoms with Gasteiger partial charge in [-0.25, -0.2) is 0 Å². The van der Waals surface area contributed by atoms with E-state index in [9.17, 15) is 4.79 Å². The number of carbonyl (C=O) groups is 1. The van der Waals surface area contributed by atoms with Crippen LogP contribution in [0.15, 0.2) is 51.7 Å². The average Bonchev–Trinajstić information content (AvgIpc) is 2.94. The summed E-state index contributed by atoms with van der Waals surface area (Å²) >= 11 is 3.26. The summed E-state index contributed by atoms with van der Waals surface area (Å²) in [5.41, 5.74) is 1.67. The van der Waals surface area contributed by atoms with Crippen LogP contribution in [0.25, 0.3) is 0 Å². The minimum atomic E-state index is -0.114. The lowest BCUT2D eigenvalue weighted by molar-refractivity contribution is 0.0917. The summed E-state index contributed by atoms with van der Waals surface area (Å²) in [6.45, 7) is 4.31. The number of carbonyl (C=O) groups excluding carboxylic acids is 1. The molecule has 0 fully saturated rings. The molecule has 1 amide bonds. The molecule has 112 valence electrons. The fraction of sp³-hybridized carbons (Fsp3) is 0.353. The van der Waals surface area contributed by atoms with E-state index in [1.165, 1.54) is 6.26 Å². The van der Waals surface area contributed by atoms with Crippen molar-refractivity contribution in [1.82, 2.24) is 5.32 Å². The van der Waals surface area contributed by atoms with Crippen LogP contribution in [0, 0.1) is 5.92 Å². The van der Waals surface area contributed by atoms with Crippen molar-refractivity contribution in [1.29, 1.82) is 0 Å². The Kier molecular flexibility index (Phi) is 5.62. The number of hydrogen-bond acceptors (Lipinski definition) is 2. The van der Waals surface area contributed by atoms with Crippen LogP contribution in [-0.4, -0.2) is 5.91 Å². The van der Waals surface area contributed by atoms with Gasteiger partial charge in [-0.1, -0.05) is 57.0 Å². The average molecular weight is 350 g/mol. The van der Waals surface area contributed by atoms with Gasteiger partial charge in [-0.2, -0.15) is 0 Å². The van der Waals surface area contributed by atoms with Crippen molar-refractivity contribution in [3.8, 4) is 0 Å². The first-order valence-electron chi connectivity index (χ1n) is 7.26. The third kappa shape index (κ3) is 3.76. The molecular weight excluding hydrogens is 330 g/mol. The molecule has 0 spiro atoms. The minimum Gasteiger partial charge on any atom is -0.457 e. The van der Waals surface area contributed by atoms with Crippen LogP contribution in [0.5, 0.6) is 0 Å². The van der Waals surface area contributed by atoms with E-state index < -0.39 is 0 Å². The van der Waals surface area contributed by atoms with Crippen molar-refractivity contribution in [2.24, 2.45) is 5.92 Å². The minimum absolute atomic E-state index is 0.00972. The molecule has 1 aromatic heterocycles. The molecule has 1 N–H and O–H groups in total. The molecule has 0 saturated carbocycles. The summed E-state index contributed by atoms with van der Waals surface area (Å²) in [5.74, 6) is 0.290. The number of amides is 1. The molecule has 0 aliphatic carbocycles. The predicted octanol–water partition coefficient (Wildman–Crippen LogP) is 4.95. The quantitative estimate of drug-likeness (QED) is 0.801. The highest BCUT2D eigenvalue weighted by atomic mass is 79.9. The van der Waals surface area contributed by atoms with Crippen LogP contribution in [0.3, 0.4) is 0 Å². The maximum absolute atomic E-state index is 12.4. The second kappa shape index (κ2) is 7.46. The largest absolute Gasteiger partial charge is 0.457 e. The Hall–Kier alpha value is -1.55. The zero-order valence-electron chi connectivity index (χ0n) is 12.3. The Labute approximate surface area is 133 Å². The van der Waals surface area contributed by atoms with Crippen molar-refractivity contribution in [3.63, 3.8) is 0 Å². The molecule has 1 heterocycles. The number of nitrogens with one attached hydrogen (secondary N) is 1. The van der Waals surface area contributed by atoms with Gasteiger partial charge in [0.2, 0.25) is 0 Å². The molecule has 2 rings (SSSR count). The van der Waals surface area contributed by atoms with Crippen LogP contribution in [0.2, 0.25) is 0 Å². The monoisotopic (exact) mass is 349 g/mol. The van der Waals surface area contributed by atoms with Crippen LogP contribution < -0.4 is 5.32 Å². The summed E-state index contributed by atoms with van der Waals surface area (Å²) in [5, 5.41) is 3.15. The highest BCUT2D eigenvalue weighted by molar-refractivity contribution is 9.10. The molecule has 0 bridgehead atoms. The Bertz CT molecular complexity index is 575. The number of furan rings is 1. The zero-order chi connectivity index (χ0) is 15.2. The van der Waals surface area contributed by atoms with E-state index in [4.69, 9.17) is 4.42 Å². The maximum atomic E-state index is 12.4. The van der Waals surface area contributed by atoms with E-state index in [2.05, 4.69) is 47.2 Å². The van der Waals surface area contributed by atoms with Crippen molar-refractivity contribution in [2.45, 2.75) is 32.7 Å². The normalized spacial score (nSPS) is 12.4. The number of halogens is 1. The zero-order valence-corrected chi connectivity index (χ0v) is 13.9. The summed E-state index contributed by atoms with van der Waals surface area (Å²) < 4.78 is 5.61. The van der Waals surface area contributed by atoms with Crippen LogP contribution in [0.1, 0.15) is 48.7 Å². The summed E-state index contributed by atoms with van der Waals surface area (Å²) in [4.78, 5) is 12.4. The van der Waals surface area contributed by atoms with Crippen molar-refractivity contribution in [2.75, 3.05) is 0 Å². The molecule has 1 aromatic carbocycles. The lowest BCUT2D eigenvalue weighted by atomic mass is 9.88. The number of benzene rings is 1. The first kappa shape index (κ1) is 15.8. The smallest absolute Gasteiger partial charge is 0.256 e. The summed E-state index contributed by atoms with van der Waals surface area (Å²) in [6.07, 6.45) is 3.54. The Morgan fingerprint density at radius 3 is 2.38 bits per heavy atom. The predicted molar refractivity (Wildman–Crippen MR) is 87.1 cm³/mol. The van der Waals surface area contributed by atoms with Gasteiger partial charge in [0.25, 0.3) is 5.91 Å². The first-order valence-corrected chi connectivity index (χ1v) is 8.05. The highest BCUT2D eigenvalue weighted by Gasteiger charge is 2.24. The molecule has 0 aliphatic rings. The van der Waals surface area contributed by atoms with Gasteiger partial charge in [0.15, 0.2) is 4.67 Å². The summed E-state index contributed by atoms with van der Waals surface area (Å²) in [6, 6.07) is 11.8. The van der Waals surface area contributed by atoms with Gasteiger partial charge < -0.3 is 9.73 Å². The molecule has 0 radical (unpaired) electrons. The topological polar surface area (TPSA) is 42.2 Å². The lowest BCUT2D eigenvalue weighted by Crippen LogP contribution is -2.33. The molecule has 2 aromatic rings. The molecule has 3 nitrogen and oxygen atoms in total. The van der Waals surface area contributed by atoms with Gasteiger partial charge in [-0.3, -0.25) is 4.79 Å². The van der Waals surface area contributed by atoms with E-state index in [0.717, 1.165) is 18.4 Å². The molecule has 0 saturated heterocycles. The molecule has 0 aliphatic heterocycles. The Morgan fingerprint density at radius 2 is 1.86 bits per heavy atom. The number of hydrogen-bond donors (Lipinski definition) is 1. The summed E-state index contributed by atoms with van der Waals surface area (Å²) in [7, 11) is 0. The SMILES string of the molecule is CCC(CC)C(NC(=O)c1ccoc1Br)c1ccccc1. The molecular formula is C17H20BrNO2. The van der Waals surface area contributed by atoms with E-state index in [0.29, 0.717) is 16.2 Å². The third-order valence-electron chi connectivity index (χ3n) is 3.83. The first-order chi connectivity index (χ1) is 10.2. The van der Waals surface area contributed by atoms with Crippen LogP contribution >= 0.6 is 15.9 Å². The second-order valence-corrected chi connectivity index (χ2v) is 5.77. The molecule has 4 heteroatoms. The van der Waals surface area contributed by atoms with E-state index in [1.54, 1.807) is 6.07 Å². The number of rotatable bonds is 6. The van der Waals surface area contributed by atoms with Crippen molar-refractivity contribution >= 4 is 21.8 Å². The fourth-order valence-electron chi connectivity index (χ4n) is 2.57. The fourth-order valence-corrected chi connectivity index (χ4v) is 2.99. The standard InChI is InChI=1S/C17H20BrNO2/c1-3-12(4-2)15(13-8-6-5-7-9-13)19-17(20)14-10-11-21-16(14)18/h5-12,15H,3-4H2,1-2H3,(H,19,20). The van der Waals surface area contributed by atoms with Gasteiger partial charge in [0.1, 0.15) is 0 Å². The third-order valence-corrected chi connectivity index (χ3v) is 4.44. The second-order valence-electron chi connectivity index (χ2n) is 5.05. The van der Waals surface area contributed by atoms with Gasteiger partial charge in [0.05, 0.1) is 17.9 Å². The molecule has 1 unspecified atom stereocenters. The van der Waals surface area contributed by atoms with E-state index in [-0.39, 0.29) is 11.9 Å². The van der Waals surface area contributed by atoms with E-state index in [1.807, 2.05) is 18.2 Å². The Morgan fingerprint density at radius 1 is 1.19 bits per heavy atom. The van der Waals surface area contributed by atoms with E-state index >= 15 is 0 Å². The van der Waals surface area contributed by atoms with Gasteiger partial charge >= 0.3 is 0 Å².